The van der Waals surface area contributed by atoms with Gasteiger partial charge in [-0.2, -0.15) is 0 Å². The van der Waals surface area contributed by atoms with Crippen LogP contribution >= 0.6 is 27.5 Å². The fourth-order valence-corrected chi connectivity index (χ4v) is 2.10. The van der Waals surface area contributed by atoms with Crippen LogP contribution in [-0.4, -0.2) is 22.0 Å². The Hall–Kier alpha value is -1.92. The molecule has 0 atom stereocenters. The molecule has 0 saturated carbocycles. The Kier molecular flexibility index (Phi) is 4.36. The molecule has 2 aromatic rings. The zero-order chi connectivity index (χ0) is 14.7. The van der Waals surface area contributed by atoms with Crippen molar-refractivity contribution in [2.24, 2.45) is 0 Å². The fraction of sp³-hybridized carbons (Fsp3) is 0. The number of carboxylic acid groups (broad SMARTS) is 1. The van der Waals surface area contributed by atoms with Crippen molar-refractivity contribution >= 4 is 45.1 Å². The van der Waals surface area contributed by atoms with Crippen molar-refractivity contribution in [3.8, 4) is 0 Å². The second-order valence-electron chi connectivity index (χ2n) is 3.80. The summed E-state index contributed by atoms with van der Waals surface area (Å²) in [5.74, 6) is -1.54. The molecule has 0 bridgehead atoms. The first-order valence-corrected chi connectivity index (χ1v) is 6.61. The topological polar surface area (TPSA) is 79.3 Å². The van der Waals surface area contributed by atoms with Crippen LogP contribution in [0.4, 0.5) is 5.69 Å². The van der Waals surface area contributed by atoms with Gasteiger partial charge in [0.1, 0.15) is 10.3 Å². The zero-order valence-corrected chi connectivity index (χ0v) is 12.3. The van der Waals surface area contributed by atoms with Crippen LogP contribution in [0.5, 0.6) is 0 Å². The van der Waals surface area contributed by atoms with E-state index >= 15 is 0 Å². The average Bonchev–Trinajstić information content (AvgIpc) is 2.38. The van der Waals surface area contributed by atoms with Crippen molar-refractivity contribution in [1.82, 2.24) is 4.98 Å². The van der Waals surface area contributed by atoms with E-state index < -0.39 is 11.9 Å². The molecule has 0 aliphatic rings. The van der Waals surface area contributed by atoms with E-state index in [9.17, 15) is 9.59 Å². The predicted octanol–water partition coefficient (Wildman–Crippen LogP) is 3.45. The highest BCUT2D eigenvalue weighted by Gasteiger charge is 2.12. The molecular formula is C13H8BrClN2O3. The first-order chi connectivity index (χ1) is 9.47. The van der Waals surface area contributed by atoms with Crippen molar-refractivity contribution in [2.75, 3.05) is 5.32 Å². The summed E-state index contributed by atoms with van der Waals surface area (Å²) in [6, 6.07) is 9.12. The SMILES string of the molecule is O=C(Nc1ccc(C(=O)O)c(Cl)c1)c1cccc(Br)n1. The van der Waals surface area contributed by atoms with Gasteiger partial charge >= 0.3 is 5.97 Å². The second-order valence-corrected chi connectivity index (χ2v) is 5.02. The largest absolute Gasteiger partial charge is 0.478 e. The lowest BCUT2D eigenvalue weighted by atomic mass is 10.2. The summed E-state index contributed by atoms with van der Waals surface area (Å²) < 4.78 is 0.546. The van der Waals surface area contributed by atoms with Gasteiger partial charge in [0.2, 0.25) is 0 Å². The van der Waals surface area contributed by atoms with Crippen molar-refractivity contribution in [1.29, 1.82) is 0 Å². The van der Waals surface area contributed by atoms with E-state index in [0.717, 1.165) is 0 Å². The number of halogens is 2. The summed E-state index contributed by atoms with van der Waals surface area (Å²) in [6.07, 6.45) is 0. The molecule has 7 heteroatoms. The molecule has 5 nitrogen and oxygen atoms in total. The second kappa shape index (κ2) is 6.02. The Morgan fingerprint density at radius 1 is 1.25 bits per heavy atom. The molecule has 1 aromatic heterocycles. The Morgan fingerprint density at radius 3 is 2.60 bits per heavy atom. The van der Waals surface area contributed by atoms with Gasteiger partial charge in [0.25, 0.3) is 5.91 Å². The summed E-state index contributed by atoms with van der Waals surface area (Å²) >= 11 is 9.00. The standard InChI is InChI=1S/C13H8BrClN2O3/c14-11-3-1-2-10(17-11)12(18)16-7-4-5-8(13(19)20)9(15)6-7/h1-6H,(H,16,18)(H,19,20). The normalized spacial score (nSPS) is 10.1. The van der Waals surface area contributed by atoms with E-state index in [1.54, 1.807) is 18.2 Å². The molecule has 2 N–H and O–H groups in total. The Bertz CT molecular complexity index is 691. The van der Waals surface area contributed by atoms with Gasteiger partial charge in [-0.15, -0.1) is 0 Å². The third-order valence-corrected chi connectivity index (χ3v) is 3.16. The van der Waals surface area contributed by atoms with Crippen molar-refractivity contribution in [3.63, 3.8) is 0 Å². The van der Waals surface area contributed by atoms with E-state index in [4.69, 9.17) is 16.7 Å². The van der Waals surface area contributed by atoms with Gasteiger partial charge in [0.15, 0.2) is 0 Å². The number of hydrogen-bond donors (Lipinski definition) is 2. The lowest BCUT2D eigenvalue weighted by molar-refractivity contribution is 0.0697. The lowest BCUT2D eigenvalue weighted by Crippen LogP contribution is -2.13. The summed E-state index contributed by atoms with van der Waals surface area (Å²) in [4.78, 5) is 26.8. The first kappa shape index (κ1) is 14.5. The van der Waals surface area contributed by atoms with Gasteiger partial charge in [-0.25, -0.2) is 9.78 Å². The van der Waals surface area contributed by atoms with E-state index in [-0.39, 0.29) is 16.3 Å². The predicted molar refractivity (Wildman–Crippen MR) is 78.3 cm³/mol. The maximum Gasteiger partial charge on any atom is 0.337 e. The monoisotopic (exact) mass is 354 g/mol. The number of pyridine rings is 1. The molecule has 1 aromatic carbocycles. The van der Waals surface area contributed by atoms with E-state index in [2.05, 4.69) is 26.2 Å². The third-order valence-electron chi connectivity index (χ3n) is 2.41. The van der Waals surface area contributed by atoms with E-state index in [0.29, 0.717) is 10.3 Å². The Morgan fingerprint density at radius 2 is 2.00 bits per heavy atom. The van der Waals surface area contributed by atoms with Crippen LogP contribution in [0.25, 0.3) is 0 Å². The van der Waals surface area contributed by atoms with Gasteiger partial charge in [0.05, 0.1) is 10.6 Å². The molecule has 0 spiro atoms. The third kappa shape index (κ3) is 3.34. The Labute approximate surface area is 127 Å². The summed E-state index contributed by atoms with van der Waals surface area (Å²) in [7, 11) is 0. The molecule has 0 saturated heterocycles. The number of amides is 1. The minimum absolute atomic E-state index is 0.0229. The zero-order valence-electron chi connectivity index (χ0n) is 9.93. The summed E-state index contributed by atoms with van der Waals surface area (Å²) in [6.45, 7) is 0. The molecule has 0 aliphatic carbocycles. The highest BCUT2D eigenvalue weighted by atomic mass is 79.9. The van der Waals surface area contributed by atoms with Crippen LogP contribution in [0.1, 0.15) is 20.8 Å². The van der Waals surface area contributed by atoms with E-state index in [1.807, 2.05) is 0 Å². The molecule has 0 radical (unpaired) electrons. The number of nitrogens with one attached hydrogen (secondary N) is 1. The highest BCUT2D eigenvalue weighted by Crippen LogP contribution is 2.21. The molecular weight excluding hydrogens is 348 g/mol. The van der Waals surface area contributed by atoms with Crippen molar-refractivity contribution < 1.29 is 14.7 Å². The summed E-state index contributed by atoms with van der Waals surface area (Å²) in [5.41, 5.74) is 0.606. The number of aromatic nitrogens is 1. The number of nitrogens with zero attached hydrogens (tertiary/aromatic N) is 1. The minimum atomic E-state index is -1.12. The first-order valence-electron chi connectivity index (χ1n) is 5.44. The van der Waals surface area contributed by atoms with Crippen molar-refractivity contribution in [2.45, 2.75) is 0 Å². The Balaban J connectivity index is 2.20. The van der Waals surface area contributed by atoms with Gasteiger partial charge in [0, 0.05) is 5.69 Å². The maximum absolute atomic E-state index is 11.9. The van der Waals surface area contributed by atoms with Crippen LogP contribution < -0.4 is 5.32 Å². The number of rotatable bonds is 3. The molecule has 2 rings (SSSR count). The number of benzene rings is 1. The van der Waals surface area contributed by atoms with Crippen LogP contribution in [-0.2, 0) is 0 Å². The van der Waals surface area contributed by atoms with Gasteiger partial charge in [-0.1, -0.05) is 17.7 Å². The van der Waals surface area contributed by atoms with Crippen molar-refractivity contribution in [3.05, 3.63) is 57.3 Å². The van der Waals surface area contributed by atoms with Crippen LogP contribution in [0.15, 0.2) is 41.0 Å². The highest BCUT2D eigenvalue weighted by molar-refractivity contribution is 9.10. The number of aromatic carboxylic acids is 1. The average molecular weight is 356 g/mol. The number of hydrogen-bond acceptors (Lipinski definition) is 3. The molecule has 0 unspecified atom stereocenters. The van der Waals surface area contributed by atoms with Crippen LogP contribution in [0.3, 0.4) is 0 Å². The quantitative estimate of drug-likeness (QED) is 0.827. The van der Waals surface area contributed by atoms with Gasteiger partial charge in [-0.3, -0.25) is 4.79 Å². The van der Waals surface area contributed by atoms with Crippen LogP contribution in [0, 0.1) is 0 Å². The molecule has 1 heterocycles. The molecule has 0 fully saturated rings. The van der Waals surface area contributed by atoms with Crippen LogP contribution in [0.2, 0.25) is 5.02 Å². The molecule has 1 amide bonds. The molecule has 20 heavy (non-hydrogen) atoms. The smallest absolute Gasteiger partial charge is 0.337 e. The number of anilines is 1. The number of carbonyl (C=O) groups excluding carboxylic acids is 1. The fourth-order valence-electron chi connectivity index (χ4n) is 1.50. The maximum atomic E-state index is 11.9. The van der Waals surface area contributed by atoms with Gasteiger partial charge in [-0.05, 0) is 46.3 Å². The number of carboxylic acids is 1. The minimum Gasteiger partial charge on any atom is -0.478 e. The lowest BCUT2D eigenvalue weighted by Gasteiger charge is -2.06. The van der Waals surface area contributed by atoms with E-state index in [1.165, 1.54) is 18.2 Å². The molecule has 0 aliphatic heterocycles. The summed E-state index contributed by atoms with van der Waals surface area (Å²) in [5, 5.41) is 11.5. The number of carbonyl (C=O) groups is 2. The molecule has 102 valence electrons. The van der Waals surface area contributed by atoms with Gasteiger partial charge < -0.3 is 10.4 Å².